The van der Waals surface area contributed by atoms with E-state index in [1.807, 2.05) is 30.3 Å². The summed E-state index contributed by atoms with van der Waals surface area (Å²) in [4.78, 5) is 0. The van der Waals surface area contributed by atoms with Crippen molar-refractivity contribution in [3.05, 3.63) is 119 Å². The Morgan fingerprint density at radius 1 is 0.586 bits per heavy atom. The van der Waals surface area contributed by atoms with E-state index in [2.05, 4.69) is 43.3 Å². The Kier molecular flexibility index (Phi) is 5.35. The summed E-state index contributed by atoms with van der Waals surface area (Å²) in [6.07, 6.45) is 4.13. The van der Waals surface area contributed by atoms with Crippen LogP contribution >= 0.6 is 0 Å². The van der Waals surface area contributed by atoms with Gasteiger partial charge in [-0.05, 0) is 52.9 Å². The Balaban J connectivity index is 1.54. The lowest BCUT2D eigenvalue weighted by Gasteiger charge is -2.08. The van der Waals surface area contributed by atoms with E-state index in [1.165, 1.54) is 23.8 Å². The van der Waals surface area contributed by atoms with E-state index in [0.717, 1.165) is 22.3 Å². The molecule has 0 amide bonds. The lowest BCUT2D eigenvalue weighted by atomic mass is 9.99. The van der Waals surface area contributed by atoms with Gasteiger partial charge in [0.15, 0.2) is 0 Å². The first kappa shape index (κ1) is 18.8. The second-order valence-corrected chi connectivity index (χ2v) is 7.07. The zero-order valence-electron chi connectivity index (χ0n) is 16.1. The standard InChI is InChI=1S/C27H20F2/c1-19-5-7-20(8-6-19)9-10-21-11-13-22(14-12-21)23-15-16-26(27(29)18-23)24-3-2-4-25(28)17-24/h2-18H,1H3. The number of rotatable bonds is 4. The van der Waals surface area contributed by atoms with Crippen molar-refractivity contribution in [2.75, 3.05) is 0 Å². The third-order valence-corrected chi connectivity index (χ3v) is 4.89. The van der Waals surface area contributed by atoms with Crippen molar-refractivity contribution < 1.29 is 8.78 Å². The average molecular weight is 382 g/mol. The Bertz CT molecular complexity index is 1150. The van der Waals surface area contributed by atoms with E-state index in [9.17, 15) is 8.78 Å². The van der Waals surface area contributed by atoms with Crippen LogP contribution in [0.1, 0.15) is 16.7 Å². The second-order valence-electron chi connectivity index (χ2n) is 7.07. The van der Waals surface area contributed by atoms with E-state index in [-0.39, 0.29) is 11.6 Å². The monoisotopic (exact) mass is 382 g/mol. The highest BCUT2D eigenvalue weighted by Gasteiger charge is 2.08. The fourth-order valence-corrected chi connectivity index (χ4v) is 3.24. The molecule has 2 heteroatoms. The van der Waals surface area contributed by atoms with Gasteiger partial charge in [-0.3, -0.25) is 0 Å². The minimum Gasteiger partial charge on any atom is -0.207 e. The van der Waals surface area contributed by atoms with Crippen molar-refractivity contribution >= 4 is 12.2 Å². The van der Waals surface area contributed by atoms with Crippen molar-refractivity contribution in [1.82, 2.24) is 0 Å². The zero-order chi connectivity index (χ0) is 20.2. The zero-order valence-corrected chi connectivity index (χ0v) is 16.1. The molecule has 0 saturated carbocycles. The lowest BCUT2D eigenvalue weighted by molar-refractivity contribution is 0.625. The smallest absolute Gasteiger partial charge is 0.131 e. The lowest BCUT2D eigenvalue weighted by Crippen LogP contribution is -1.87. The molecule has 142 valence electrons. The van der Waals surface area contributed by atoms with Crippen molar-refractivity contribution in [3.8, 4) is 22.3 Å². The number of aryl methyl sites for hydroxylation is 1. The van der Waals surface area contributed by atoms with Gasteiger partial charge >= 0.3 is 0 Å². The van der Waals surface area contributed by atoms with Crippen LogP contribution in [0.4, 0.5) is 8.78 Å². The highest BCUT2D eigenvalue weighted by atomic mass is 19.1. The van der Waals surface area contributed by atoms with Crippen LogP contribution < -0.4 is 0 Å². The maximum atomic E-state index is 14.6. The minimum atomic E-state index is -0.375. The SMILES string of the molecule is Cc1ccc(C=Cc2ccc(-c3ccc(-c4cccc(F)c4)c(F)c3)cc2)cc1. The summed E-state index contributed by atoms with van der Waals surface area (Å²) in [5, 5.41) is 0. The molecule has 4 aromatic rings. The molecule has 0 radical (unpaired) electrons. The molecule has 0 N–H and O–H groups in total. The fraction of sp³-hybridized carbons (Fsp3) is 0.0370. The molecule has 0 aliphatic carbocycles. The van der Waals surface area contributed by atoms with E-state index in [0.29, 0.717) is 11.1 Å². The largest absolute Gasteiger partial charge is 0.207 e. The predicted octanol–water partition coefficient (Wildman–Crippen LogP) is 7.78. The summed E-state index contributed by atoms with van der Waals surface area (Å²) in [7, 11) is 0. The maximum absolute atomic E-state index is 14.6. The van der Waals surface area contributed by atoms with Crippen LogP contribution in [0.2, 0.25) is 0 Å². The molecular formula is C27H20F2. The molecule has 0 aromatic heterocycles. The first-order chi connectivity index (χ1) is 14.1. The van der Waals surface area contributed by atoms with Gasteiger partial charge in [-0.15, -0.1) is 0 Å². The molecular weight excluding hydrogens is 362 g/mol. The molecule has 29 heavy (non-hydrogen) atoms. The van der Waals surface area contributed by atoms with Crippen molar-refractivity contribution in [3.63, 3.8) is 0 Å². The first-order valence-electron chi connectivity index (χ1n) is 9.49. The van der Waals surface area contributed by atoms with Crippen molar-refractivity contribution in [2.45, 2.75) is 6.92 Å². The molecule has 0 nitrogen and oxygen atoms in total. The van der Waals surface area contributed by atoms with Crippen LogP contribution in [0.5, 0.6) is 0 Å². The Morgan fingerprint density at radius 2 is 1.21 bits per heavy atom. The summed E-state index contributed by atoms with van der Waals surface area (Å²) in [5.41, 5.74) is 6.11. The molecule has 0 atom stereocenters. The number of benzene rings is 4. The van der Waals surface area contributed by atoms with Crippen molar-refractivity contribution in [1.29, 1.82) is 0 Å². The molecule has 0 fully saturated rings. The van der Waals surface area contributed by atoms with E-state index in [4.69, 9.17) is 0 Å². The highest BCUT2D eigenvalue weighted by Crippen LogP contribution is 2.28. The molecule has 0 aliphatic heterocycles. The van der Waals surface area contributed by atoms with Crippen LogP contribution in [0.15, 0.2) is 91.0 Å². The van der Waals surface area contributed by atoms with E-state index < -0.39 is 0 Å². The predicted molar refractivity (Wildman–Crippen MR) is 117 cm³/mol. The fourth-order valence-electron chi connectivity index (χ4n) is 3.24. The van der Waals surface area contributed by atoms with Crippen LogP contribution in [0.25, 0.3) is 34.4 Å². The normalized spacial score (nSPS) is 11.1. The minimum absolute atomic E-state index is 0.364. The third-order valence-electron chi connectivity index (χ3n) is 4.89. The number of hydrogen-bond donors (Lipinski definition) is 0. The summed E-state index contributed by atoms with van der Waals surface area (Å²) in [6, 6.07) is 27.4. The van der Waals surface area contributed by atoms with Gasteiger partial charge < -0.3 is 0 Å². The molecule has 4 rings (SSSR count). The Hall–Kier alpha value is -3.52. The molecule has 0 aliphatic rings. The molecule has 0 heterocycles. The van der Waals surface area contributed by atoms with Crippen LogP contribution in [-0.2, 0) is 0 Å². The summed E-state index contributed by atoms with van der Waals surface area (Å²) >= 11 is 0. The summed E-state index contributed by atoms with van der Waals surface area (Å²) in [5.74, 6) is -0.739. The van der Waals surface area contributed by atoms with Gasteiger partial charge in [0.25, 0.3) is 0 Å². The third kappa shape index (κ3) is 4.49. The van der Waals surface area contributed by atoms with Crippen LogP contribution in [-0.4, -0.2) is 0 Å². The van der Waals surface area contributed by atoms with Crippen molar-refractivity contribution in [2.24, 2.45) is 0 Å². The molecule has 0 spiro atoms. The molecule has 0 unspecified atom stereocenters. The average Bonchev–Trinajstić information content (AvgIpc) is 2.74. The Labute approximate surface area is 169 Å². The summed E-state index contributed by atoms with van der Waals surface area (Å²) < 4.78 is 28.1. The topological polar surface area (TPSA) is 0 Å². The number of hydrogen-bond acceptors (Lipinski definition) is 0. The summed E-state index contributed by atoms with van der Waals surface area (Å²) in [6.45, 7) is 2.07. The molecule has 0 bridgehead atoms. The van der Waals surface area contributed by atoms with Crippen LogP contribution in [0, 0.1) is 18.6 Å². The first-order valence-corrected chi connectivity index (χ1v) is 9.49. The second kappa shape index (κ2) is 8.24. The van der Waals surface area contributed by atoms with Gasteiger partial charge in [0.2, 0.25) is 0 Å². The van der Waals surface area contributed by atoms with E-state index in [1.54, 1.807) is 18.2 Å². The van der Waals surface area contributed by atoms with Gasteiger partial charge in [-0.1, -0.05) is 90.5 Å². The Morgan fingerprint density at radius 3 is 1.83 bits per heavy atom. The highest BCUT2D eigenvalue weighted by molar-refractivity contribution is 5.74. The van der Waals surface area contributed by atoms with Gasteiger partial charge in [0, 0.05) is 5.56 Å². The number of halogens is 2. The van der Waals surface area contributed by atoms with Crippen LogP contribution in [0.3, 0.4) is 0 Å². The maximum Gasteiger partial charge on any atom is 0.131 e. The van der Waals surface area contributed by atoms with Gasteiger partial charge in [-0.25, -0.2) is 8.78 Å². The quantitative estimate of drug-likeness (QED) is 0.316. The van der Waals surface area contributed by atoms with Gasteiger partial charge in [0.05, 0.1) is 0 Å². The van der Waals surface area contributed by atoms with E-state index >= 15 is 0 Å². The van der Waals surface area contributed by atoms with Gasteiger partial charge in [-0.2, -0.15) is 0 Å². The molecule has 4 aromatic carbocycles. The van der Waals surface area contributed by atoms with Gasteiger partial charge in [0.1, 0.15) is 11.6 Å². The molecule has 0 saturated heterocycles.